The summed E-state index contributed by atoms with van der Waals surface area (Å²) in [5.41, 5.74) is 0.487. The van der Waals surface area contributed by atoms with Crippen molar-refractivity contribution in [2.75, 3.05) is 0 Å². The van der Waals surface area contributed by atoms with Gasteiger partial charge in [-0.05, 0) is 50.4 Å². The lowest BCUT2D eigenvalue weighted by Crippen LogP contribution is -2.45. The number of hydrogen-bond acceptors (Lipinski definition) is 2. The highest BCUT2D eigenvalue weighted by atomic mass is 16.6. The van der Waals surface area contributed by atoms with Crippen LogP contribution in [0.1, 0.15) is 73.1 Å². The molecule has 1 fully saturated rings. The van der Waals surface area contributed by atoms with E-state index in [1.807, 2.05) is 0 Å². The summed E-state index contributed by atoms with van der Waals surface area (Å²) < 4.78 is 5.91. The Morgan fingerprint density at radius 3 is 2.47 bits per heavy atom. The van der Waals surface area contributed by atoms with Gasteiger partial charge in [-0.25, -0.2) is 4.79 Å². The fourth-order valence-electron chi connectivity index (χ4n) is 3.77. The Morgan fingerprint density at radius 2 is 2.00 bits per heavy atom. The van der Waals surface area contributed by atoms with Crippen LogP contribution in [-0.4, -0.2) is 11.6 Å². The van der Waals surface area contributed by atoms with Crippen LogP contribution in [0.2, 0.25) is 0 Å². The highest BCUT2D eigenvalue weighted by Crippen LogP contribution is 2.48. The predicted octanol–water partition coefficient (Wildman–Crippen LogP) is 4.88. The molecule has 1 saturated carbocycles. The highest BCUT2D eigenvalue weighted by Gasteiger charge is 2.45. The highest BCUT2D eigenvalue weighted by molar-refractivity contribution is 5.87. The van der Waals surface area contributed by atoms with Gasteiger partial charge in [0, 0.05) is 5.57 Å². The summed E-state index contributed by atoms with van der Waals surface area (Å²) in [5.74, 6) is 0.388. The largest absolute Gasteiger partial charge is 0.456 e. The van der Waals surface area contributed by atoms with Gasteiger partial charge >= 0.3 is 5.97 Å². The minimum absolute atomic E-state index is 0.221. The lowest BCUT2D eigenvalue weighted by atomic mass is 9.64. The third kappa shape index (κ3) is 4.67. The fraction of sp³-hybridized carbons (Fsp3) is 0.824. The van der Waals surface area contributed by atoms with Crippen molar-refractivity contribution in [2.45, 2.75) is 78.7 Å². The van der Waals surface area contributed by atoms with Crippen molar-refractivity contribution < 1.29 is 9.53 Å². The van der Waals surface area contributed by atoms with E-state index in [2.05, 4.69) is 34.3 Å². The molecule has 2 atom stereocenters. The summed E-state index contributed by atoms with van der Waals surface area (Å²) in [5, 5.41) is 0. The van der Waals surface area contributed by atoms with Gasteiger partial charge in [0.2, 0.25) is 0 Å². The van der Waals surface area contributed by atoms with Crippen LogP contribution in [0.25, 0.3) is 0 Å². The summed E-state index contributed by atoms with van der Waals surface area (Å²) >= 11 is 0. The minimum atomic E-state index is -0.271. The molecule has 0 bridgehead atoms. The van der Waals surface area contributed by atoms with Crippen molar-refractivity contribution in [3.05, 3.63) is 12.2 Å². The van der Waals surface area contributed by atoms with E-state index in [9.17, 15) is 4.79 Å². The quantitative estimate of drug-likeness (QED) is 0.523. The molecule has 0 aromatic carbocycles. The monoisotopic (exact) mass is 266 g/mol. The van der Waals surface area contributed by atoms with Crippen LogP contribution in [0, 0.1) is 11.3 Å². The van der Waals surface area contributed by atoms with E-state index >= 15 is 0 Å². The number of unbranched alkanes of at least 4 members (excludes halogenated alkanes) is 1. The molecule has 110 valence electrons. The van der Waals surface area contributed by atoms with Crippen molar-refractivity contribution in [2.24, 2.45) is 11.3 Å². The molecule has 2 nitrogen and oxygen atoms in total. The molecule has 0 heterocycles. The van der Waals surface area contributed by atoms with Crippen LogP contribution in [0.3, 0.4) is 0 Å². The Kier molecular flexibility index (Phi) is 5.23. The standard InChI is InChI=1S/C17H30O2/c1-7-8-9-17(19-15(18)13(2)3)11-14(4)10-16(5,6)12-17/h14H,2,7-12H2,1,3-6H3. The van der Waals surface area contributed by atoms with Crippen molar-refractivity contribution in [3.63, 3.8) is 0 Å². The first-order valence-corrected chi connectivity index (χ1v) is 7.58. The molecule has 0 aromatic rings. The molecule has 1 aliphatic carbocycles. The van der Waals surface area contributed by atoms with Crippen molar-refractivity contribution in [1.82, 2.24) is 0 Å². The van der Waals surface area contributed by atoms with Gasteiger partial charge in [-0.3, -0.25) is 0 Å². The predicted molar refractivity (Wildman–Crippen MR) is 80.0 cm³/mol. The van der Waals surface area contributed by atoms with Gasteiger partial charge in [0.05, 0.1) is 0 Å². The molecule has 2 unspecified atom stereocenters. The summed E-state index contributed by atoms with van der Waals surface area (Å²) in [6, 6.07) is 0. The Bertz CT molecular complexity index is 343. The number of carbonyl (C=O) groups excluding carboxylic acids is 1. The Morgan fingerprint density at radius 1 is 1.37 bits per heavy atom. The average Bonchev–Trinajstić information content (AvgIpc) is 2.23. The maximum Gasteiger partial charge on any atom is 0.333 e. The van der Waals surface area contributed by atoms with Crippen LogP contribution in [0.5, 0.6) is 0 Å². The van der Waals surface area contributed by atoms with E-state index in [0.29, 0.717) is 11.5 Å². The van der Waals surface area contributed by atoms with E-state index < -0.39 is 0 Å². The summed E-state index contributed by atoms with van der Waals surface area (Å²) in [6.07, 6.45) is 6.42. The SMILES string of the molecule is C=C(C)C(=O)OC1(CCCC)CC(C)CC(C)(C)C1. The Hall–Kier alpha value is -0.790. The maximum absolute atomic E-state index is 12.0. The van der Waals surface area contributed by atoms with E-state index in [-0.39, 0.29) is 17.0 Å². The average molecular weight is 266 g/mol. The molecule has 0 aliphatic heterocycles. The summed E-state index contributed by atoms with van der Waals surface area (Å²) in [6.45, 7) is 14.5. The second-order valence-corrected chi connectivity index (χ2v) is 7.31. The number of ether oxygens (including phenoxy) is 1. The summed E-state index contributed by atoms with van der Waals surface area (Å²) in [7, 11) is 0. The molecule has 0 N–H and O–H groups in total. The number of hydrogen-bond donors (Lipinski definition) is 0. The Labute approximate surface area is 118 Å². The normalized spacial score (nSPS) is 29.8. The molecule has 1 aliphatic rings. The Balaban J connectivity index is 2.91. The molecule has 0 aromatic heterocycles. The number of esters is 1. The summed E-state index contributed by atoms with van der Waals surface area (Å²) in [4.78, 5) is 12.0. The fourth-order valence-corrected chi connectivity index (χ4v) is 3.77. The van der Waals surface area contributed by atoms with Gasteiger partial charge in [-0.1, -0.05) is 40.7 Å². The van der Waals surface area contributed by atoms with Crippen LogP contribution in [-0.2, 0) is 9.53 Å². The minimum Gasteiger partial charge on any atom is -0.456 e. The second kappa shape index (κ2) is 6.11. The van der Waals surface area contributed by atoms with Gasteiger partial charge in [0.25, 0.3) is 0 Å². The van der Waals surface area contributed by atoms with Gasteiger partial charge in [-0.2, -0.15) is 0 Å². The zero-order valence-electron chi connectivity index (χ0n) is 13.3. The van der Waals surface area contributed by atoms with Crippen LogP contribution < -0.4 is 0 Å². The molecule has 1 rings (SSSR count). The second-order valence-electron chi connectivity index (χ2n) is 7.31. The van der Waals surface area contributed by atoms with Crippen LogP contribution in [0.15, 0.2) is 12.2 Å². The first-order valence-electron chi connectivity index (χ1n) is 7.58. The third-order valence-electron chi connectivity index (χ3n) is 4.07. The molecule has 2 heteroatoms. The van der Waals surface area contributed by atoms with Gasteiger partial charge in [0.15, 0.2) is 0 Å². The van der Waals surface area contributed by atoms with Crippen LogP contribution >= 0.6 is 0 Å². The molecular weight excluding hydrogens is 236 g/mol. The zero-order chi connectivity index (χ0) is 14.7. The van der Waals surface area contributed by atoms with Crippen molar-refractivity contribution >= 4 is 5.97 Å². The first kappa shape index (κ1) is 16.3. The topological polar surface area (TPSA) is 26.3 Å². The molecule has 0 amide bonds. The van der Waals surface area contributed by atoms with Gasteiger partial charge < -0.3 is 4.74 Å². The third-order valence-corrected chi connectivity index (χ3v) is 4.07. The van der Waals surface area contributed by atoms with Gasteiger partial charge in [-0.15, -0.1) is 0 Å². The lowest BCUT2D eigenvalue weighted by molar-refractivity contribution is -0.167. The molecule has 0 radical (unpaired) electrons. The van der Waals surface area contributed by atoms with Crippen molar-refractivity contribution in [3.8, 4) is 0 Å². The lowest BCUT2D eigenvalue weighted by Gasteiger charge is -2.47. The van der Waals surface area contributed by atoms with Gasteiger partial charge in [0.1, 0.15) is 5.60 Å². The van der Waals surface area contributed by atoms with Crippen molar-refractivity contribution in [1.29, 1.82) is 0 Å². The van der Waals surface area contributed by atoms with E-state index in [1.165, 1.54) is 6.42 Å². The van der Waals surface area contributed by atoms with E-state index in [4.69, 9.17) is 4.74 Å². The smallest absolute Gasteiger partial charge is 0.333 e. The maximum atomic E-state index is 12.0. The first-order chi connectivity index (χ1) is 8.70. The molecular formula is C17H30O2. The van der Waals surface area contributed by atoms with E-state index in [0.717, 1.165) is 32.1 Å². The number of carbonyl (C=O) groups is 1. The molecule has 19 heavy (non-hydrogen) atoms. The van der Waals surface area contributed by atoms with Crippen LogP contribution in [0.4, 0.5) is 0 Å². The zero-order valence-corrected chi connectivity index (χ0v) is 13.3. The van der Waals surface area contributed by atoms with E-state index in [1.54, 1.807) is 6.92 Å². The number of rotatable bonds is 5. The molecule has 0 spiro atoms. The molecule has 0 saturated heterocycles.